The Labute approximate surface area is 75.0 Å². The van der Waals surface area contributed by atoms with E-state index in [0.29, 0.717) is 11.9 Å². The van der Waals surface area contributed by atoms with Gasteiger partial charge in [0.05, 0.1) is 5.52 Å². The zero-order valence-corrected chi connectivity index (χ0v) is 6.95. The molecule has 0 saturated carbocycles. The zero-order chi connectivity index (χ0) is 9.26. The molecular formula is C10H9NO2. The summed E-state index contributed by atoms with van der Waals surface area (Å²) in [6.45, 7) is 0. The van der Waals surface area contributed by atoms with Crippen LogP contribution in [-0.2, 0) is 11.2 Å². The first-order valence-electron chi connectivity index (χ1n) is 4.04. The van der Waals surface area contributed by atoms with Crippen molar-refractivity contribution in [2.24, 2.45) is 0 Å². The highest BCUT2D eigenvalue weighted by atomic mass is 16.3. The first kappa shape index (κ1) is 7.86. The lowest BCUT2D eigenvalue weighted by atomic mass is 10.2. The van der Waals surface area contributed by atoms with Gasteiger partial charge in [-0.1, -0.05) is 12.1 Å². The number of hydrogen-bond acceptors (Lipinski definition) is 2. The fourth-order valence-corrected chi connectivity index (χ4v) is 1.40. The molecule has 1 heterocycles. The van der Waals surface area contributed by atoms with Crippen molar-refractivity contribution in [3.05, 3.63) is 30.0 Å². The number of H-pyrrole nitrogens is 1. The number of hydrogen-bond donors (Lipinski definition) is 2. The Hall–Kier alpha value is -1.77. The molecule has 0 amide bonds. The van der Waals surface area contributed by atoms with Crippen LogP contribution in [0.2, 0.25) is 0 Å². The number of carbonyl (C=O) groups is 1. The average molecular weight is 175 g/mol. The van der Waals surface area contributed by atoms with Crippen LogP contribution in [0.1, 0.15) is 5.69 Å². The van der Waals surface area contributed by atoms with Crippen LogP contribution in [0.4, 0.5) is 0 Å². The molecule has 2 N–H and O–H groups in total. The van der Waals surface area contributed by atoms with Gasteiger partial charge in [0.25, 0.3) is 0 Å². The molecule has 1 aromatic heterocycles. The second-order valence-corrected chi connectivity index (χ2v) is 2.91. The fourth-order valence-electron chi connectivity index (χ4n) is 1.40. The third-order valence-electron chi connectivity index (χ3n) is 1.99. The summed E-state index contributed by atoms with van der Waals surface area (Å²) in [6.07, 6.45) is 1.19. The third-order valence-corrected chi connectivity index (χ3v) is 1.99. The van der Waals surface area contributed by atoms with Gasteiger partial charge in [-0.05, 0) is 12.1 Å². The number of aromatic amines is 1. The zero-order valence-electron chi connectivity index (χ0n) is 6.95. The largest absolute Gasteiger partial charge is 0.506 e. The first-order chi connectivity index (χ1) is 6.31. The van der Waals surface area contributed by atoms with Crippen LogP contribution in [0, 0.1) is 0 Å². The number of benzene rings is 1. The molecule has 13 heavy (non-hydrogen) atoms. The van der Waals surface area contributed by atoms with Gasteiger partial charge in [-0.2, -0.15) is 0 Å². The molecule has 3 nitrogen and oxygen atoms in total. The lowest BCUT2D eigenvalue weighted by Crippen LogP contribution is -1.83. The van der Waals surface area contributed by atoms with Crippen LogP contribution in [0.15, 0.2) is 24.3 Å². The molecule has 0 bridgehead atoms. The summed E-state index contributed by atoms with van der Waals surface area (Å²) < 4.78 is 0. The van der Waals surface area contributed by atoms with Crippen molar-refractivity contribution in [2.75, 3.05) is 0 Å². The van der Waals surface area contributed by atoms with E-state index in [9.17, 15) is 9.90 Å². The Morgan fingerprint density at radius 2 is 2.31 bits per heavy atom. The number of aromatic hydroxyl groups is 1. The Balaban J connectivity index is 2.61. The Bertz CT molecular complexity index is 445. The summed E-state index contributed by atoms with van der Waals surface area (Å²) in [5, 5.41) is 10.4. The van der Waals surface area contributed by atoms with E-state index in [0.717, 1.165) is 17.4 Å². The number of rotatable bonds is 2. The van der Waals surface area contributed by atoms with Gasteiger partial charge in [0.1, 0.15) is 12.0 Å². The predicted octanol–water partition coefficient (Wildman–Crippen LogP) is 1.61. The number of phenolic OH excluding ortho intramolecular Hbond substituents is 1. The van der Waals surface area contributed by atoms with E-state index in [1.165, 1.54) is 0 Å². The molecular weight excluding hydrogens is 166 g/mol. The number of para-hydroxylation sites is 1. The normalized spacial score (nSPS) is 10.5. The molecule has 0 spiro atoms. The van der Waals surface area contributed by atoms with E-state index >= 15 is 0 Å². The Kier molecular flexibility index (Phi) is 1.77. The summed E-state index contributed by atoms with van der Waals surface area (Å²) in [4.78, 5) is 13.2. The van der Waals surface area contributed by atoms with Crippen LogP contribution in [-0.4, -0.2) is 16.4 Å². The highest BCUT2D eigenvalue weighted by molar-refractivity contribution is 5.86. The van der Waals surface area contributed by atoms with Crippen molar-refractivity contribution in [1.29, 1.82) is 0 Å². The summed E-state index contributed by atoms with van der Waals surface area (Å²) in [5.41, 5.74) is 1.52. The minimum absolute atomic E-state index is 0.217. The van der Waals surface area contributed by atoms with Gasteiger partial charge >= 0.3 is 0 Å². The van der Waals surface area contributed by atoms with Crippen LogP contribution in [0.3, 0.4) is 0 Å². The van der Waals surface area contributed by atoms with Crippen LogP contribution in [0.25, 0.3) is 10.9 Å². The standard InChI is InChI=1S/C10H9NO2/c12-5-4-8-6-7-2-1-3-9(13)10(7)11-8/h1-3,5-6,11,13H,4H2. The van der Waals surface area contributed by atoms with E-state index in [2.05, 4.69) is 4.98 Å². The van der Waals surface area contributed by atoms with Gasteiger partial charge in [-0.15, -0.1) is 0 Å². The second-order valence-electron chi connectivity index (χ2n) is 2.91. The van der Waals surface area contributed by atoms with Crippen molar-refractivity contribution in [2.45, 2.75) is 6.42 Å². The van der Waals surface area contributed by atoms with E-state index in [1.54, 1.807) is 12.1 Å². The predicted molar refractivity (Wildman–Crippen MR) is 49.7 cm³/mol. The topological polar surface area (TPSA) is 53.1 Å². The van der Waals surface area contributed by atoms with E-state index < -0.39 is 0 Å². The number of fused-ring (bicyclic) bond motifs is 1. The number of carbonyl (C=O) groups excluding carboxylic acids is 1. The number of nitrogens with one attached hydrogen (secondary N) is 1. The monoisotopic (exact) mass is 175 g/mol. The highest BCUT2D eigenvalue weighted by Crippen LogP contribution is 2.23. The Morgan fingerprint density at radius 1 is 1.46 bits per heavy atom. The van der Waals surface area contributed by atoms with Crippen molar-refractivity contribution in [3.8, 4) is 5.75 Å². The number of aldehydes is 1. The molecule has 2 rings (SSSR count). The lowest BCUT2D eigenvalue weighted by molar-refractivity contribution is -0.107. The van der Waals surface area contributed by atoms with Gasteiger partial charge in [0.15, 0.2) is 0 Å². The molecule has 1 aromatic carbocycles. The number of phenols is 1. The molecule has 0 saturated heterocycles. The maximum absolute atomic E-state index is 10.3. The Morgan fingerprint density at radius 3 is 3.00 bits per heavy atom. The summed E-state index contributed by atoms with van der Waals surface area (Å²) in [7, 11) is 0. The van der Waals surface area contributed by atoms with E-state index in [4.69, 9.17) is 0 Å². The van der Waals surface area contributed by atoms with Gasteiger partial charge < -0.3 is 14.9 Å². The molecule has 0 unspecified atom stereocenters. The highest BCUT2D eigenvalue weighted by Gasteiger charge is 2.02. The molecule has 66 valence electrons. The molecule has 0 fully saturated rings. The molecule has 0 aliphatic heterocycles. The molecule has 0 aliphatic carbocycles. The van der Waals surface area contributed by atoms with Gasteiger partial charge in [0.2, 0.25) is 0 Å². The minimum Gasteiger partial charge on any atom is -0.506 e. The summed E-state index contributed by atoms with van der Waals surface area (Å²) >= 11 is 0. The molecule has 2 aromatic rings. The maximum atomic E-state index is 10.3. The first-order valence-corrected chi connectivity index (χ1v) is 4.04. The van der Waals surface area contributed by atoms with Crippen LogP contribution < -0.4 is 0 Å². The van der Waals surface area contributed by atoms with E-state index in [-0.39, 0.29) is 5.75 Å². The van der Waals surface area contributed by atoms with Gasteiger partial charge in [-0.25, -0.2) is 0 Å². The summed E-state index contributed by atoms with van der Waals surface area (Å²) in [6, 6.07) is 7.14. The molecule has 3 heteroatoms. The maximum Gasteiger partial charge on any atom is 0.139 e. The average Bonchev–Trinajstić information content (AvgIpc) is 2.49. The van der Waals surface area contributed by atoms with Crippen LogP contribution >= 0.6 is 0 Å². The molecule has 0 aliphatic rings. The molecule has 0 radical (unpaired) electrons. The van der Waals surface area contributed by atoms with Gasteiger partial charge in [-0.3, -0.25) is 0 Å². The number of aromatic nitrogens is 1. The molecule has 0 atom stereocenters. The van der Waals surface area contributed by atoms with Crippen molar-refractivity contribution < 1.29 is 9.90 Å². The fraction of sp³-hybridized carbons (Fsp3) is 0.100. The quantitative estimate of drug-likeness (QED) is 0.681. The van der Waals surface area contributed by atoms with Crippen LogP contribution in [0.5, 0.6) is 5.75 Å². The summed E-state index contributed by atoms with van der Waals surface area (Å²) in [5.74, 6) is 0.217. The van der Waals surface area contributed by atoms with Gasteiger partial charge in [0, 0.05) is 17.5 Å². The SMILES string of the molecule is O=CCc1cc2cccc(O)c2[nH]1. The third kappa shape index (κ3) is 1.28. The van der Waals surface area contributed by atoms with E-state index in [1.807, 2.05) is 12.1 Å². The van der Waals surface area contributed by atoms with Crippen molar-refractivity contribution in [1.82, 2.24) is 4.98 Å². The lowest BCUT2D eigenvalue weighted by Gasteiger charge is -1.92. The van der Waals surface area contributed by atoms with Crippen molar-refractivity contribution >= 4 is 17.2 Å². The van der Waals surface area contributed by atoms with Crippen molar-refractivity contribution in [3.63, 3.8) is 0 Å². The smallest absolute Gasteiger partial charge is 0.139 e. The second kappa shape index (κ2) is 2.94. The minimum atomic E-state index is 0.217.